The van der Waals surface area contributed by atoms with Crippen molar-refractivity contribution in [2.45, 2.75) is 38.3 Å². The Balaban J connectivity index is 2.49. The van der Waals surface area contributed by atoms with Crippen LogP contribution in [0.25, 0.3) is 0 Å². The van der Waals surface area contributed by atoms with E-state index < -0.39 is 0 Å². The van der Waals surface area contributed by atoms with Crippen molar-refractivity contribution in [2.24, 2.45) is 5.73 Å². The van der Waals surface area contributed by atoms with Crippen molar-refractivity contribution in [1.82, 2.24) is 4.90 Å². The molecule has 0 aromatic carbocycles. The molecule has 1 aliphatic rings. The fourth-order valence-corrected chi connectivity index (χ4v) is 1.90. The standard InChI is InChI=1S/C9H17N3/c1-8(11)9-4-2-3-6-12(9)7-5-10/h8-9H,2-4,6-7,11H2,1H3. The van der Waals surface area contributed by atoms with Gasteiger partial charge in [0.15, 0.2) is 0 Å². The van der Waals surface area contributed by atoms with Crippen LogP contribution in [-0.2, 0) is 0 Å². The first kappa shape index (κ1) is 9.50. The molecule has 1 saturated heterocycles. The first-order chi connectivity index (χ1) is 5.75. The maximum Gasteiger partial charge on any atom is 0.0868 e. The van der Waals surface area contributed by atoms with Gasteiger partial charge in [-0.1, -0.05) is 6.42 Å². The van der Waals surface area contributed by atoms with E-state index in [9.17, 15) is 0 Å². The van der Waals surface area contributed by atoms with E-state index >= 15 is 0 Å². The summed E-state index contributed by atoms with van der Waals surface area (Å²) < 4.78 is 0. The third-order valence-electron chi connectivity index (χ3n) is 2.54. The number of nitriles is 1. The van der Waals surface area contributed by atoms with E-state index in [1.807, 2.05) is 6.92 Å². The minimum absolute atomic E-state index is 0.193. The first-order valence-corrected chi connectivity index (χ1v) is 4.62. The van der Waals surface area contributed by atoms with E-state index in [1.165, 1.54) is 12.8 Å². The minimum Gasteiger partial charge on any atom is -0.327 e. The van der Waals surface area contributed by atoms with E-state index in [0.29, 0.717) is 12.6 Å². The molecule has 1 aliphatic heterocycles. The molecule has 0 aromatic heterocycles. The van der Waals surface area contributed by atoms with Crippen LogP contribution >= 0.6 is 0 Å². The van der Waals surface area contributed by atoms with Gasteiger partial charge in [0, 0.05) is 12.1 Å². The van der Waals surface area contributed by atoms with Gasteiger partial charge in [0.2, 0.25) is 0 Å². The summed E-state index contributed by atoms with van der Waals surface area (Å²) in [5.41, 5.74) is 5.84. The molecule has 3 nitrogen and oxygen atoms in total. The van der Waals surface area contributed by atoms with Gasteiger partial charge in [0.05, 0.1) is 12.6 Å². The van der Waals surface area contributed by atoms with Gasteiger partial charge in [0.1, 0.15) is 0 Å². The van der Waals surface area contributed by atoms with Gasteiger partial charge < -0.3 is 5.73 Å². The molecule has 0 saturated carbocycles. The van der Waals surface area contributed by atoms with Crippen molar-refractivity contribution in [3.8, 4) is 6.07 Å². The predicted molar refractivity (Wildman–Crippen MR) is 48.5 cm³/mol. The Labute approximate surface area is 74.1 Å². The maximum absolute atomic E-state index is 8.59. The van der Waals surface area contributed by atoms with Crippen molar-refractivity contribution in [1.29, 1.82) is 5.26 Å². The van der Waals surface area contributed by atoms with Gasteiger partial charge in [-0.15, -0.1) is 0 Å². The summed E-state index contributed by atoms with van der Waals surface area (Å²) in [6, 6.07) is 2.81. The fraction of sp³-hybridized carbons (Fsp3) is 0.889. The molecule has 2 unspecified atom stereocenters. The molecular weight excluding hydrogens is 150 g/mol. The summed E-state index contributed by atoms with van der Waals surface area (Å²) in [5.74, 6) is 0. The van der Waals surface area contributed by atoms with Crippen LogP contribution in [-0.4, -0.2) is 30.1 Å². The lowest BCUT2D eigenvalue weighted by Crippen LogP contribution is -2.49. The Morgan fingerprint density at radius 3 is 3.00 bits per heavy atom. The number of piperidine rings is 1. The van der Waals surface area contributed by atoms with Gasteiger partial charge in [-0.3, -0.25) is 4.90 Å². The zero-order valence-electron chi connectivity index (χ0n) is 7.66. The van der Waals surface area contributed by atoms with E-state index in [1.54, 1.807) is 0 Å². The Kier molecular flexibility index (Phi) is 3.51. The molecule has 1 heterocycles. The van der Waals surface area contributed by atoms with Crippen LogP contribution in [0.1, 0.15) is 26.2 Å². The zero-order chi connectivity index (χ0) is 8.97. The summed E-state index contributed by atoms with van der Waals surface area (Å²) in [5, 5.41) is 8.59. The van der Waals surface area contributed by atoms with E-state index in [0.717, 1.165) is 13.0 Å². The van der Waals surface area contributed by atoms with Crippen LogP contribution in [0, 0.1) is 11.3 Å². The van der Waals surface area contributed by atoms with Crippen LogP contribution in [0.4, 0.5) is 0 Å². The summed E-state index contributed by atoms with van der Waals surface area (Å²) >= 11 is 0. The summed E-state index contributed by atoms with van der Waals surface area (Å²) in [6.07, 6.45) is 3.62. The lowest BCUT2D eigenvalue weighted by Gasteiger charge is -2.36. The third kappa shape index (κ3) is 2.20. The Bertz CT molecular complexity index is 171. The first-order valence-electron chi connectivity index (χ1n) is 4.62. The second kappa shape index (κ2) is 4.44. The second-order valence-electron chi connectivity index (χ2n) is 3.55. The smallest absolute Gasteiger partial charge is 0.0868 e. The Hall–Kier alpha value is -0.590. The van der Waals surface area contributed by atoms with Gasteiger partial charge in [-0.05, 0) is 26.3 Å². The third-order valence-corrected chi connectivity index (χ3v) is 2.54. The normalized spacial score (nSPS) is 27.9. The molecule has 2 N–H and O–H groups in total. The number of hydrogen-bond donors (Lipinski definition) is 1. The molecule has 68 valence electrons. The molecule has 0 spiro atoms. The molecule has 0 aliphatic carbocycles. The molecule has 1 fully saturated rings. The van der Waals surface area contributed by atoms with Crippen LogP contribution in [0.15, 0.2) is 0 Å². The van der Waals surface area contributed by atoms with Crippen molar-refractivity contribution < 1.29 is 0 Å². The van der Waals surface area contributed by atoms with Crippen LogP contribution in [0.2, 0.25) is 0 Å². The van der Waals surface area contributed by atoms with Crippen molar-refractivity contribution in [3.05, 3.63) is 0 Å². The number of nitrogens with two attached hydrogens (primary N) is 1. The topological polar surface area (TPSA) is 53.0 Å². The lowest BCUT2D eigenvalue weighted by molar-refractivity contribution is 0.148. The van der Waals surface area contributed by atoms with Crippen molar-refractivity contribution >= 4 is 0 Å². The number of rotatable bonds is 2. The lowest BCUT2D eigenvalue weighted by atomic mass is 9.97. The van der Waals surface area contributed by atoms with Gasteiger partial charge in [-0.25, -0.2) is 0 Å². The maximum atomic E-state index is 8.59. The van der Waals surface area contributed by atoms with Crippen molar-refractivity contribution in [3.63, 3.8) is 0 Å². The molecule has 2 atom stereocenters. The van der Waals surface area contributed by atoms with Gasteiger partial charge in [0.25, 0.3) is 0 Å². The molecule has 0 radical (unpaired) electrons. The fourth-order valence-electron chi connectivity index (χ4n) is 1.90. The molecule has 1 rings (SSSR count). The molecule has 0 bridgehead atoms. The van der Waals surface area contributed by atoms with E-state index in [2.05, 4.69) is 11.0 Å². The number of nitrogens with zero attached hydrogens (tertiary/aromatic N) is 2. The quantitative estimate of drug-likeness (QED) is 0.616. The van der Waals surface area contributed by atoms with E-state index in [4.69, 9.17) is 11.0 Å². The summed E-state index contributed by atoms with van der Waals surface area (Å²) in [4.78, 5) is 2.20. The highest BCUT2D eigenvalue weighted by molar-refractivity contribution is 4.88. The summed E-state index contributed by atoms with van der Waals surface area (Å²) in [6.45, 7) is 3.60. The SMILES string of the molecule is CC(N)C1CCCCN1CC#N. The molecular formula is C9H17N3. The van der Waals surface area contributed by atoms with E-state index in [-0.39, 0.29) is 6.04 Å². The molecule has 0 amide bonds. The number of likely N-dealkylation sites (tertiary alicyclic amines) is 1. The number of hydrogen-bond acceptors (Lipinski definition) is 3. The molecule has 3 heteroatoms. The minimum atomic E-state index is 0.193. The molecule has 12 heavy (non-hydrogen) atoms. The zero-order valence-corrected chi connectivity index (χ0v) is 7.66. The monoisotopic (exact) mass is 167 g/mol. The average molecular weight is 167 g/mol. The Morgan fingerprint density at radius 1 is 1.67 bits per heavy atom. The largest absolute Gasteiger partial charge is 0.327 e. The van der Waals surface area contributed by atoms with Crippen LogP contribution in [0.3, 0.4) is 0 Å². The highest BCUT2D eigenvalue weighted by Gasteiger charge is 2.24. The highest BCUT2D eigenvalue weighted by Crippen LogP contribution is 2.17. The van der Waals surface area contributed by atoms with Gasteiger partial charge >= 0.3 is 0 Å². The highest BCUT2D eigenvalue weighted by atomic mass is 15.2. The average Bonchev–Trinajstić information content (AvgIpc) is 2.05. The second-order valence-corrected chi connectivity index (χ2v) is 3.55. The predicted octanol–water partition coefficient (Wildman–Crippen LogP) is 0.712. The van der Waals surface area contributed by atoms with Crippen molar-refractivity contribution in [2.75, 3.05) is 13.1 Å². The summed E-state index contributed by atoms with van der Waals surface area (Å²) in [7, 11) is 0. The van der Waals surface area contributed by atoms with Crippen LogP contribution in [0.5, 0.6) is 0 Å². The molecule has 0 aromatic rings. The van der Waals surface area contributed by atoms with Gasteiger partial charge in [-0.2, -0.15) is 5.26 Å². The Morgan fingerprint density at radius 2 is 2.42 bits per heavy atom. The van der Waals surface area contributed by atoms with Crippen LogP contribution < -0.4 is 5.73 Å².